The van der Waals surface area contributed by atoms with E-state index in [0.717, 1.165) is 124 Å². The van der Waals surface area contributed by atoms with Gasteiger partial charge in [-0.15, -0.1) is 0 Å². The fourth-order valence-electron chi connectivity index (χ4n) is 18.4. The van der Waals surface area contributed by atoms with Crippen molar-refractivity contribution >= 4 is 243 Å². The first-order chi connectivity index (χ1) is 63.4. The van der Waals surface area contributed by atoms with E-state index in [-0.39, 0.29) is 103 Å². The molecule has 6 amide bonds. The molecule has 10 aliphatic rings. The quantitative estimate of drug-likeness (QED) is 0.0401. The van der Waals surface area contributed by atoms with Gasteiger partial charge in [-0.3, -0.25) is 53.0 Å². The largest absolute Gasteiger partial charge is 0.468 e. The molecule has 696 valence electrons. The van der Waals surface area contributed by atoms with Crippen LogP contribution in [-0.2, 0) is 89.9 Å². The Morgan fingerprint density at radius 1 is 0.496 bits per heavy atom. The monoisotopic (exact) mass is 2200 g/mol. The molecule has 0 N–H and O–H groups in total. The van der Waals surface area contributed by atoms with Crippen LogP contribution in [-0.4, -0.2) is 175 Å². The van der Waals surface area contributed by atoms with Gasteiger partial charge in [-0.05, 0) is 252 Å². The summed E-state index contributed by atoms with van der Waals surface area (Å²) in [6.45, 7) is 12.2. The van der Waals surface area contributed by atoms with Crippen LogP contribution in [0.4, 0.5) is 9.59 Å². The molecule has 0 bridgehead atoms. The van der Waals surface area contributed by atoms with E-state index >= 15 is 0 Å². The summed E-state index contributed by atoms with van der Waals surface area (Å²) in [6.07, 6.45) is 12.3. The van der Waals surface area contributed by atoms with Gasteiger partial charge in [0.2, 0.25) is 23.6 Å². The second-order valence-electron chi connectivity index (χ2n) is 34.5. The van der Waals surface area contributed by atoms with Crippen molar-refractivity contribution < 1.29 is 67.0 Å². The van der Waals surface area contributed by atoms with Crippen molar-refractivity contribution in [3.63, 3.8) is 0 Å². The van der Waals surface area contributed by atoms with Gasteiger partial charge in [0.05, 0.1) is 30.7 Å². The summed E-state index contributed by atoms with van der Waals surface area (Å²) < 4.78 is 20.7. The molecule has 7 atom stereocenters. The van der Waals surface area contributed by atoms with E-state index in [9.17, 15) is 52.7 Å². The fraction of sp³-hybridized carbons (Fsp3) is 0.356. The van der Waals surface area contributed by atoms with Crippen LogP contribution in [0.5, 0.6) is 0 Å². The third-order valence-electron chi connectivity index (χ3n) is 25.5. The van der Waals surface area contributed by atoms with E-state index in [2.05, 4.69) is 133 Å². The molecule has 133 heavy (non-hydrogen) atoms. The second-order valence-corrected chi connectivity index (χ2v) is 43.1. The van der Waals surface area contributed by atoms with Crippen molar-refractivity contribution in [3.05, 3.63) is 285 Å². The summed E-state index contributed by atoms with van der Waals surface area (Å²) in [5, 5.41) is 1.98. The van der Waals surface area contributed by atoms with Crippen LogP contribution in [0.2, 0.25) is 20.1 Å². The topological polar surface area (TPSA) is 235 Å². The molecule has 0 spiro atoms. The lowest BCUT2D eigenvalue weighted by Gasteiger charge is -2.30. The Hall–Kier alpha value is -8.23. The minimum atomic E-state index is -1.06. The molecule has 4 aliphatic heterocycles. The highest BCUT2D eigenvalue weighted by atomic mass is 79.9. The highest BCUT2D eigenvalue weighted by molar-refractivity contribution is 9.11. The Labute approximate surface area is 847 Å². The number of aryl methyl sites for hydroxylation is 1. The van der Waals surface area contributed by atoms with Crippen LogP contribution in [0, 0.1) is 29.1 Å². The molecule has 0 radical (unpaired) electrons. The third-order valence-corrected chi connectivity index (χ3v) is 31.3. The van der Waals surface area contributed by atoms with Gasteiger partial charge in [-0.25, -0.2) is 9.59 Å². The summed E-state index contributed by atoms with van der Waals surface area (Å²) in [6, 6.07) is 46.2. The lowest BCUT2D eigenvalue weighted by molar-refractivity contribution is -0.148. The lowest BCUT2D eigenvalue weighted by Crippen LogP contribution is -2.43. The lowest BCUT2D eigenvalue weighted by atomic mass is 9.86. The van der Waals surface area contributed by atoms with E-state index in [0.29, 0.717) is 103 Å². The molecular weight excluding hydrogens is 2110 g/mol. The van der Waals surface area contributed by atoms with Crippen molar-refractivity contribution in [3.8, 4) is 0 Å². The number of carbonyl (C=O) groups excluding carboxylic acids is 11. The van der Waals surface area contributed by atoms with Gasteiger partial charge < -0.3 is 33.8 Å². The molecule has 0 aromatic heterocycles. The molecule has 2 saturated heterocycles. The van der Waals surface area contributed by atoms with E-state index in [1.165, 1.54) is 73.8 Å². The number of thioether (sulfide) groups is 2. The van der Waals surface area contributed by atoms with Crippen LogP contribution < -0.4 is 0 Å². The number of ether oxygens (including phenoxy) is 3. The van der Waals surface area contributed by atoms with E-state index in [4.69, 9.17) is 85.1 Å². The number of Topliss-reactive ketones (excluding diaryl/α,β-unsaturated/α-hetero) is 4. The molecule has 20 nitrogen and oxygen atoms in total. The SMILES string of the molecule is CC1Cc2ccc(Br)cc2C1=O.CC1Cc2ccc(C3=CCN(C(=O)CN4C(=O)CSC4=S)CC3)cc2C1N(C)C(=O)OCc1cc(Cl)cc(Cl)c1.CCC1Cc2ccc(Br)cc2C1=O.CCC1Cc2ccc(C3=CCN(C(=O)CN4C(=O)CSC4=S)CC3)cc2C1N(C)C(=O)OCc1cc(Cl)cc(Cl)c1.COC(=O)C1(C)Cc2ccc(Br)cc2C1=O.O=C1CCc2ccc(Br)cc21. The summed E-state index contributed by atoms with van der Waals surface area (Å²) in [5.41, 5.74) is 17.5. The minimum Gasteiger partial charge on any atom is -0.468 e. The van der Waals surface area contributed by atoms with Gasteiger partial charge in [-0.2, -0.15) is 0 Å². The van der Waals surface area contributed by atoms with Gasteiger partial charge in [0.25, 0.3) is 0 Å². The Balaban J connectivity index is 0.000000148. The molecular formula is C101H98Br4Cl4N6O14S4. The predicted molar refractivity (Wildman–Crippen MR) is 546 cm³/mol. The molecule has 4 heterocycles. The highest BCUT2D eigenvalue weighted by Gasteiger charge is 2.49. The fourth-order valence-corrected chi connectivity index (χ4v) is 23.1. The number of rotatable bonds is 15. The number of hydrogen-bond donors (Lipinski definition) is 0. The molecule has 2 fully saturated rings. The highest BCUT2D eigenvalue weighted by Crippen LogP contribution is 2.46. The smallest absolute Gasteiger partial charge is 0.410 e. The molecule has 18 rings (SSSR count). The Kier molecular flexibility index (Phi) is 34.9. The Morgan fingerprint density at radius 3 is 1.39 bits per heavy atom. The predicted octanol–water partition coefficient (Wildman–Crippen LogP) is 23.3. The summed E-state index contributed by atoms with van der Waals surface area (Å²) in [5.74, 6) is 1.36. The zero-order valence-corrected chi connectivity index (χ0v) is 87.0. The van der Waals surface area contributed by atoms with Crippen molar-refractivity contribution in [1.82, 2.24) is 29.4 Å². The van der Waals surface area contributed by atoms with Crippen LogP contribution in [0.25, 0.3) is 11.1 Å². The maximum absolute atomic E-state index is 13.2. The van der Waals surface area contributed by atoms with Crippen LogP contribution in [0.3, 0.4) is 0 Å². The van der Waals surface area contributed by atoms with Crippen molar-refractivity contribution in [2.45, 2.75) is 131 Å². The van der Waals surface area contributed by atoms with Crippen molar-refractivity contribution in [2.75, 3.05) is 72.0 Å². The average Bonchev–Trinajstić information content (AvgIpc) is 1.61. The Bertz CT molecular complexity index is 6010. The van der Waals surface area contributed by atoms with Gasteiger partial charge >= 0.3 is 18.2 Å². The minimum absolute atomic E-state index is 0.000440. The normalized spacial score (nSPS) is 20.3. The number of ketones is 4. The number of esters is 1. The molecule has 6 aliphatic carbocycles. The van der Waals surface area contributed by atoms with Crippen molar-refractivity contribution in [2.24, 2.45) is 29.1 Å². The number of carbonyl (C=O) groups is 11. The van der Waals surface area contributed by atoms with E-state index in [1.54, 1.807) is 83.1 Å². The number of nitrogens with zero attached hydrogens (tertiary/aromatic N) is 6. The first-order valence-corrected chi connectivity index (χ1v) is 51.1. The number of fused-ring (bicyclic) bond motifs is 6. The molecule has 0 saturated carbocycles. The number of thiocarbonyl (C=S) groups is 2. The first-order valence-electron chi connectivity index (χ1n) is 43.6. The second kappa shape index (κ2) is 45.4. The number of halogens is 8. The van der Waals surface area contributed by atoms with Gasteiger partial charge in [0.1, 0.15) is 40.4 Å². The van der Waals surface area contributed by atoms with Crippen LogP contribution in [0.1, 0.15) is 187 Å². The zero-order chi connectivity index (χ0) is 95.7. The standard InChI is InChI=1S/C30H31Cl2N3O4S2.C29H29Cl2N3O4S2.C12H11BrO3.C11H11BrO.C10H9BrO.C9H7BrO/c1-3-19-12-22-5-4-21(20-6-8-34(9-7-20)26(36)15-35-27(37)17-41-30(35)40)13-25(22)28(19)33(2)29(38)39-16-18-10-23(31)14-24(32)11-18;1-17-9-21-4-3-20(19-5-7-33(8-6-19)25(35)14-34-26(36)16-40-29(34)39)12-24(21)27(17)32(2)28(37)38-15-18-10-22(30)13-23(31)11-18;1-12(11(15)16-2)6-7-3-4-8(13)5-9(7)10(12)14;1-2-7-5-8-3-4-9(12)6-10(8)11(7)13;1-6-4-7-2-3-8(11)5-9(7)10(6)12;10-7-3-1-6-2-4-9(11)8(6)5-7/h4-6,10-11,13-14,19,28H,3,7-9,12,15-17H2,1-2H3;3-5,10-13,17,27H,6-9,14-16H2,1-2H3;3-5H,6H2,1-2H3;3-4,6-7H,2,5H2,1H3;2-3,5-6H,4H2,1H3;1,3,5H,2,4H2. The van der Waals surface area contributed by atoms with E-state index in [1.807, 2.05) is 73.7 Å². The first kappa shape index (κ1) is 102. The Morgan fingerprint density at radius 2 is 0.932 bits per heavy atom. The van der Waals surface area contributed by atoms with Crippen molar-refractivity contribution in [1.29, 1.82) is 0 Å². The summed E-state index contributed by atoms with van der Waals surface area (Å²) >= 11 is 50.7. The molecule has 8 aromatic rings. The van der Waals surface area contributed by atoms with Gasteiger partial charge in [0, 0.05) is 119 Å². The zero-order valence-electron chi connectivity index (χ0n) is 74.4. The number of hydrogen-bond acceptors (Lipinski definition) is 18. The average molecular weight is 2210 g/mol. The number of methoxy groups -OCH3 is 1. The summed E-state index contributed by atoms with van der Waals surface area (Å²) in [4.78, 5) is 144. The maximum Gasteiger partial charge on any atom is 0.410 e. The summed E-state index contributed by atoms with van der Waals surface area (Å²) in [7, 11) is 4.87. The maximum atomic E-state index is 13.2. The van der Waals surface area contributed by atoms with Gasteiger partial charge in [0.15, 0.2) is 23.1 Å². The van der Waals surface area contributed by atoms with Crippen LogP contribution >= 0.6 is 158 Å². The number of benzene rings is 8. The molecule has 8 aromatic carbocycles. The van der Waals surface area contributed by atoms with E-state index < -0.39 is 23.6 Å². The molecule has 32 heteroatoms. The number of amides is 6. The van der Waals surface area contributed by atoms with Crippen LogP contribution in [0.15, 0.2) is 176 Å². The third kappa shape index (κ3) is 24.5. The van der Waals surface area contributed by atoms with Gasteiger partial charge in [-0.1, -0.05) is 253 Å². The molecule has 7 unspecified atom stereocenters.